The van der Waals surface area contributed by atoms with Gasteiger partial charge in [0.25, 0.3) is 0 Å². The van der Waals surface area contributed by atoms with E-state index >= 15 is 0 Å². The maximum Gasteiger partial charge on any atom is 0.870 e. The minimum atomic E-state index is -1.73. The van der Waals surface area contributed by atoms with Crippen LogP contribution in [0.2, 0.25) is 0 Å². The van der Waals surface area contributed by atoms with Gasteiger partial charge in [0.05, 0.1) is 7.11 Å². The lowest BCUT2D eigenvalue weighted by Gasteiger charge is -2.16. The van der Waals surface area contributed by atoms with Crippen molar-refractivity contribution < 1.29 is 37.9 Å². The fourth-order valence-corrected chi connectivity index (χ4v) is 0.827. The summed E-state index contributed by atoms with van der Waals surface area (Å²) >= 11 is 0. The third-order valence-corrected chi connectivity index (χ3v) is 1.49. The van der Waals surface area contributed by atoms with Crippen molar-refractivity contribution in [1.82, 2.24) is 0 Å². The van der Waals surface area contributed by atoms with Crippen LogP contribution in [0, 0.1) is 0 Å². The smallest absolute Gasteiger partial charge is 0.469 e. The average Bonchev–Trinajstić information content (AvgIpc) is 2.15. The molecular weight excluding hydrogens is 223 g/mol. The van der Waals surface area contributed by atoms with Crippen molar-refractivity contribution in [3.8, 4) is 0 Å². The predicted octanol–water partition coefficient (Wildman–Crippen LogP) is -1.43. The van der Waals surface area contributed by atoms with Gasteiger partial charge in [0.15, 0.2) is 0 Å². The van der Waals surface area contributed by atoms with Crippen molar-refractivity contribution in [2.45, 2.75) is 12.8 Å². The Hall–Kier alpha value is -2.06. The molecule has 0 atom stereocenters. The molecule has 0 saturated carbocycles. The van der Waals surface area contributed by atoms with Crippen molar-refractivity contribution >= 4 is 31.2 Å². The van der Waals surface area contributed by atoms with Gasteiger partial charge in [-0.05, 0) is 0 Å². The van der Waals surface area contributed by atoms with Crippen LogP contribution >= 0.6 is 0 Å². The van der Waals surface area contributed by atoms with Crippen LogP contribution in [0.3, 0.4) is 0 Å². The van der Waals surface area contributed by atoms with E-state index < -0.39 is 44.0 Å². The van der Waals surface area contributed by atoms with Gasteiger partial charge in [0, 0.05) is 0 Å². The number of hydrogen-bond donors (Lipinski definition) is 0. The summed E-state index contributed by atoms with van der Waals surface area (Å²) in [7, 11) is -0.637. The topological polar surface area (TPSA) is 105 Å². The molecule has 16 heavy (non-hydrogen) atoms. The monoisotopic (exact) mass is 230 g/mol. The van der Waals surface area contributed by atoms with Crippen LogP contribution < -0.4 is 0 Å². The molecule has 86 valence electrons. The summed E-state index contributed by atoms with van der Waals surface area (Å²) in [5.74, 6) is -3.59. The summed E-state index contributed by atoms with van der Waals surface area (Å²) < 4.78 is 17.3. The highest BCUT2D eigenvalue weighted by atomic mass is 16.8. The van der Waals surface area contributed by atoms with E-state index in [1.807, 2.05) is 0 Å². The van der Waals surface area contributed by atoms with Crippen LogP contribution in [0.25, 0.3) is 0 Å². The summed E-state index contributed by atoms with van der Waals surface area (Å²) in [6.07, 6.45) is -1.20. The van der Waals surface area contributed by atoms with E-state index in [9.17, 15) is 19.2 Å². The molecule has 1 heterocycles. The van der Waals surface area contributed by atoms with Crippen LogP contribution in [0.5, 0.6) is 0 Å². The number of hydrogen-bond acceptors (Lipinski definition) is 8. The van der Waals surface area contributed by atoms with Gasteiger partial charge in [-0.3, -0.25) is 19.2 Å². The fourth-order valence-electron chi connectivity index (χ4n) is 0.827. The van der Waals surface area contributed by atoms with Crippen LogP contribution in [0.4, 0.5) is 0 Å². The number of carbonyl (C=O) groups excluding carboxylic acids is 4. The van der Waals surface area contributed by atoms with Gasteiger partial charge in [-0.25, -0.2) is 0 Å². The third-order valence-electron chi connectivity index (χ3n) is 1.49. The van der Waals surface area contributed by atoms with Crippen molar-refractivity contribution in [1.29, 1.82) is 0 Å². The standard InChI is InChI=1S/C7H7BO8/c1-13-4(9)2-5(10)14-8-15-6(11)3-7(12)16-8/h2-3H2,1H3. The van der Waals surface area contributed by atoms with E-state index in [1.165, 1.54) is 0 Å². The van der Waals surface area contributed by atoms with Crippen LogP contribution in [0.1, 0.15) is 12.8 Å². The zero-order chi connectivity index (χ0) is 12.1. The van der Waals surface area contributed by atoms with Crippen molar-refractivity contribution in [2.75, 3.05) is 7.11 Å². The minimum Gasteiger partial charge on any atom is -0.469 e. The molecule has 1 aliphatic heterocycles. The maximum absolute atomic E-state index is 11.0. The van der Waals surface area contributed by atoms with E-state index in [4.69, 9.17) is 0 Å². The highest BCUT2D eigenvalue weighted by molar-refractivity contribution is 6.46. The van der Waals surface area contributed by atoms with Crippen LogP contribution in [-0.4, -0.2) is 38.3 Å². The number of esters is 1. The first-order chi connectivity index (χ1) is 7.51. The molecule has 0 aromatic heterocycles. The molecule has 0 aliphatic carbocycles. The maximum atomic E-state index is 11.0. The summed E-state index contributed by atoms with van der Waals surface area (Å²) in [5.41, 5.74) is 0. The Labute approximate surface area is 90.0 Å². The minimum absolute atomic E-state index is 0.537. The number of carbonyl (C=O) groups is 4. The van der Waals surface area contributed by atoms with E-state index in [1.54, 1.807) is 0 Å². The summed E-state index contributed by atoms with van der Waals surface area (Å²) in [4.78, 5) is 43.1. The number of ether oxygens (including phenoxy) is 1. The van der Waals surface area contributed by atoms with Crippen LogP contribution in [0.15, 0.2) is 0 Å². The first-order valence-corrected chi connectivity index (χ1v) is 4.16. The van der Waals surface area contributed by atoms with Gasteiger partial charge in [-0.2, -0.15) is 0 Å². The molecule has 1 saturated heterocycles. The fraction of sp³-hybridized carbons (Fsp3) is 0.429. The van der Waals surface area contributed by atoms with Gasteiger partial charge >= 0.3 is 31.2 Å². The second-order valence-corrected chi connectivity index (χ2v) is 2.69. The van der Waals surface area contributed by atoms with E-state index in [0.29, 0.717) is 0 Å². The molecule has 0 aromatic carbocycles. The third kappa shape index (κ3) is 3.60. The molecule has 9 heteroatoms. The molecule has 0 unspecified atom stereocenters. The Morgan fingerprint density at radius 2 is 1.81 bits per heavy atom. The zero-order valence-corrected chi connectivity index (χ0v) is 8.26. The Bertz CT molecular complexity index is 321. The Morgan fingerprint density at radius 3 is 2.31 bits per heavy atom. The molecule has 1 fully saturated rings. The summed E-state index contributed by atoms with van der Waals surface area (Å²) in [6.45, 7) is 0. The van der Waals surface area contributed by atoms with E-state index in [-0.39, 0.29) is 0 Å². The van der Waals surface area contributed by atoms with Gasteiger partial charge in [0.1, 0.15) is 12.8 Å². The second kappa shape index (κ2) is 5.15. The molecule has 8 nitrogen and oxygen atoms in total. The highest BCUT2D eigenvalue weighted by Crippen LogP contribution is 2.06. The SMILES string of the molecule is COC(=O)CC(=O)OB1OC(=O)CC(=O)O1. The second-order valence-electron chi connectivity index (χ2n) is 2.69. The Morgan fingerprint density at radius 1 is 1.25 bits per heavy atom. The van der Waals surface area contributed by atoms with Crippen molar-refractivity contribution in [3.05, 3.63) is 0 Å². The molecule has 0 aromatic rings. The molecule has 0 spiro atoms. The summed E-state index contributed by atoms with van der Waals surface area (Å²) in [5, 5.41) is 0. The lowest BCUT2D eigenvalue weighted by molar-refractivity contribution is -0.158. The quantitative estimate of drug-likeness (QED) is 0.330. The molecule has 0 N–H and O–H groups in total. The highest BCUT2D eigenvalue weighted by Gasteiger charge is 2.41. The van der Waals surface area contributed by atoms with Crippen molar-refractivity contribution in [2.24, 2.45) is 0 Å². The molecule has 1 rings (SSSR count). The average molecular weight is 230 g/mol. The number of methoxy groups -OCH3 is 1. The molecule has 1 aliphatic rings. The molecular formula is C7H7BO8. The normalized spacial score (nSPS) is 14.9. The first-order valence-electron chi connectivity index (χ1n) is 4.16. The van der Waals surface area contributed by atoms with Crippen LogP contribution in [-0.2, 0) is 37.9 Å². The van der Waals surface area contributed by atoms with Gasteiger partial charge in [-0.15, -0.1) is 0 Å². The summed E-state index contributed by atoms with van der Waals surface area (Å²) in [6, 6.07) is 0. The molecule has 0 amide bonds. The predicted molar refractivity (Wildman–Crippen MR) is 45.3 cm³/mol. The molecule has 0 bridgehead atoms. The largest absolute Gasteiger partial charge is 0.870 e. The lowest BCUT2D eigenvalue weighted by atomic mass is 10.2. The van der Waals surface area contributed by atoms with Gasteiger partial charge in [-0.1, -0.05) is 0 Å². The van der Waals surface area contributed by atoms with Gasteiger partial charge in [0.2, 0.25) is 0 Å². The Balaban J connectivity index is 2.41. The van der Waals surface area contributed by atoms with Crippen molar-refractivity contribution in [3.63, 3.8) is 0 Å². The van der Waals surface area contributed by atoms with E-state index in [2.05, 4.69) is 18.7 Å². The first kappa shape index (κ1) is 12.0. The Kier molecular flexibility index (Phi) is 3.86. The molecule has 0 radical (unpaired) electrons. The zero-order valence-electron chi connectivity index (χ0n) is 8.26. The van der Waals surface area contributed by atoms with Gasteiger partial charge < -0.3 is 18.7 Å². The van der Waals surface area contributed by atoms with E-state index in [0.717, 1.165) is 7.11 Å². The lowest BCUT2D eigenvalue weighted by Crippen LogP contribution is -2.40. The number of rotatable bonds is 3.